The molecule has 7 heteroatoms. The van der Waals surface area contributed by atoms with Gasteiger partial charge in [0.25, 0.3) is 5.91 Å². The van der Waals surface area contributed by atoms with Gasteiger partial charge in [0.15, 0.2) is 0 Å². The normalized spacial score (nSPS) is 16.4. The molecule has 1 amide bonds. The van der Waals surface area contributed by atoms with Crippen LogP contribution in [0.15, 0.2) is 18.2 Å². The molecule has 0 saturated heterocycles. The molecule has 114 valence electrons. The predicted molar refractivity (Wildman–Crippen MR) is 75.7 cm³/mol. The summed E-state index contributed by atoms with van der Waals surface area (Å²) in [4.78, 5) is 23.8. The van der Waals surface area contributed by atoms with Crippen molar-refractivity contribution in [1.29, 1.82) is 0 Å². The Morgan fingerprint density at radius 3 is 2.57 bits per heavy atom. The Balaban J connectivity index is 2.04. The van der Waals surface area contributed by atoms with Gasteiger partial charge in [-0.3, -0.25) is 14.9 Å². The van der Waals surface area contributed by atoms with Gasteiger partial charge >= 0.3 is 5.69 Å². The van der Waals surface area contributed by atoms with Crippen LogP contribution >= 0.6 is 0 Å². The molecule has 1 aromatic carbocycles. The smallest absolute Gasteiger partial charge is 0.304 e. The molecule has 2 rings (SSSR count). The number of halogens is 1. The number of benzene rings is 1. The maximum absolute atomic E-state index is 13.5. The van der Waals surface area contributed by atoms with E-state index < -0.39 is 22.3 Å². The van der Waals surface area contributed by atoms with Crippen molar-refractivity contribution in [2.45, 2.75) is 24.8 Å². The molecule has 0 aromatic heterocycles. The summed E-state index contributed by atoms with van der Waals surface area (Å²) >= 11 is 0. The van der Waals surface area contributed by atoms with Gasteiger partial charge in [-0.2, -0.15) is 4.39 Å². The van der Waals surface area contributed by atoms with Gasteiger partial charge in [0, 0.05) is 23.7 Å². The van der Waals surface area contributed by atoms with E-state index in [4.69, 9.17) is 0 Å². The Labute approximate surface area is 122 Å². The number of nitro benzene ring substituents is 1. The second-order valence-electron chi connectivity index (χ2n) is 5.58. The monoisotopic (exact) mass is 295 g/mol. The van der Waals surface area contributed by atoms with Crippen molar-refractivity contribution in [2.75, 3.05) is 20.6 Å². The summed E-state index contributed by atoms with van der Waals surface area (Å²) in [6, 6.07) is 3.17. The van der Waals surface area contributed by atoms with Crippen molar-refractivity contribution in [3.05, 3.63) is 39.7 Å². The highest BCUT2D eigenvalue weighted by Crippen LogP contribution is 2.35. The predicted octanol–water partition coefficient (Wildman–Crippen LogP) is 1.95. The van der Waals surface area contributed by atoms with Crippen LogP contribution in [-0.4, -0.2) is 41.9 Å². The zero-order chi connectivity index (χ0) is 15.6. The summed E-state index contributed by atoms with van der Waals surface area (Å²) in [5.41, 5.74) is -0.573. The number of amides is 1. The Hall–Kier alpha value is -2.02. The molecule has 1 aromatic rings. The highest BCUT2D eigenvalue weighted by atomic mass is 19.1. The largest absolute Gasteiger partial charge is 0.350 e. The number of carbonyl (C=O) groups excluding carboxylic acids is 1. The molecule has 1 aliphatic carbocycles. The van der Waals surface area contributed by atoms with E-state index in [1.54, 1.807) is 0 Å². The van der Waals surface area contributed by atoms with Gasteiger partial charge in [-0.15, -0.1) is 0 Å². The summed E-state index contributed by atoms with van der Waals surface area (Å²) in [7, 11) is 3.94. The number of rotatable bonds is 5. The molecule has 1 fully saturated rings. The lowest BCUT2D eigenvalue weighted by molar-refractivity contribution is -0.387. The lowest BCUT2D eigenvalue weighted by atomic mass is 9.75. The van der Waals surface area contributed by atoms with E-state index >= 15 is 0 Å². The van der Waals surface area contributed by atoms with Crippen LogP contribution in [0.2, 0.25) is 0 Å². The quantitative estimate of drug-likeness (QED) is 0.665. The first-order valence-corrected chi connectivity index (χ1v) is 6.75. The van der Waals surface area contributed by atoms with Crippen LogP contribution in [-0.2, 0) is 0 Å². The molecule has 0 heterocycles. The molecule has 0 aliphatic heterocycles. The van der Waals surface area contributed by atoms with Gasteiger partial charge in [-0.1, -0.05) is 0 Å². The summed E-state index contributed by atoms with van der Waals surface area (Å²) < 4.78 is 13.5. The molecule has 0 spiro atoms. The Kier molecular flexibility index (Phi) is 4.22. The van der Waals surface area contributed by atoms with E-state index in [2.05, 4.69) is 10.2 Å². The van der Waals surface area contributed by atoms with E-state index in [1.165, 1.54) is 6.07 Å². The SMILES string of the molecule is CN(C)C1(CNC(=O)c2ccc([N+](=O)[O-])c(F)c2)CCC1. The minimum Gasteiger partial charge on any atom is -0.350 e. The second-order valence-corrected chi connectivity index (χ2v) is 5.58. The molecule has 1 N–H and O–H groups in total. The number of likely N-dealkylation sites (N-methyl/N-ethyl adjacent to an activating group) is 1. The minimum atomic E-state index is -1.00. The summed E-state index contributed by atoms with van der Waals surface area (Å²) in [6.45, 7) is 0.484. The number of hydrogen-bond donors (Lipinski definition) is 1. The maximum Gasteiger partial charge on any atom is 0.304 e. The number of nitrogens with zero attached hydrogens (tertiary/aromatic N) is 2. The molecule has 0 atom stereocenters. The van der Waals surface area contributed by atoms with Crippen molar-refractivity contribution in [1.82, 2.24) is 10.2 Å². The first kappa shape index (κ1) is 15.4. The molecule has 0 radical (unpaired) electrons. The maximum atomic E-state index is 13.5. The Morgan fingerprint density at radius 1 is 1.48 bits per heavy atom. The fraction of sp³-hybridized carbons (Fsp3) is 0.500. The average Bonchev–Trinajstić information content (AvgIpc) is 2.36. The zero-order valence-corrected chi connectivity index (χ0v) is 12.1. The summed E-state index contributed by atoms with van der Waals surface area (Å²) in [5.74, 6) is -1.42. The molecule has 1 aliphatic rings. The van der Waals surface area contributed by atoms with Gasteiger partial charge < -0.3 is 10.2 Å². The average molecular weight is 295 g/mol. The van der Waals surface area contributed by atoms with Crippen molar-refractivity contribution in [3.8, 4) is 0 Å². The standard InChI is InChI=1S/C14H18FN3O3/c1-17(2)14(6-3-7-14)9-16-13(19)10-4-5-12(18(20)21)11(15)8-10/h4-5,8H,3,6-7,9H2,1-2H3,(H,16,19). The van der Waals surface area contributed by atoms with Crippen LogP contribution in [0, 0.1) is 15.9 Å². The van der Waals surface area contributed by atoms with Gasteiger partial charge in [0.05, 0.1) is 4.92 Å². The third-order valence-corrected chi connectivity index (χ3v) is 4.22. The van der Waals surface area contributed by atoms with Crippen molar-refractivity contribution < 1.29 is 14.1 Å². The van der Waals surface area contributed by atoms with Crippen LogP contribution in [0.3, 0.4) is 0 Å². The highest BCUT2D eigenvalue weighted by Gasteiger charge is 2.39. The first-order chi connectivity index (χ1) is 9.85. The second kappa shape index (κ2) is 5.77. The fourth-order valence-electron chi connectivity index (χ4n) is 2.51. The summed E-state index contributed by atoms with van der Waals surface area (Å²) in [6.07, 6.45) is 3.14. The number of nitrogens with one attached hydrogen (secondary N) is 1. The third kappa shape index (κ3) is 3.02. The van der Waals surface area contributed by atoms with Crippen LogP contribution in [0.25, 0.3) is 0 Å². The van der Waals surface area contributed by atoms with E-state index in [0.29, 0.717) is 6.54 Å². The molecule has 0 unspecified atom stereocenters. The number of carbonyl (C=O) groups is 1. The van der Waals surface area contributed by atoms with Crippen LogP contribution < -0.4 is 5.32 Å². The number of nitro groups is 1. The van der Waals surface area contributed by atoms with E-state index in [1.807, 2.05) is 14.1 Å². The molecule has 21 heavy (non-hydrogen) atoms. The lowest BCUT2D eigenvalue weighted by Crippen LogP contribution is -2.57. The van der Waals surface area contributed by atoms with E-state index in [9.17, 15) is 19.3 Å². The van der Waals surface area contributed by atoms with Crippen LogP contribution in [0.1, 0.15) is 29.6 Å². The summed E-state index contributed by atoms with van der Waals surface area (Å²) in [5, 5.41) is 13.3. The topological polar surface area (TPSA) is 75.5 Å². The molecular weight excluding hydrogens is 277 g/mol. The van der Waals surface area contributed by atoms with Gasteiger partial charge in [0.2, 0.25) is 5.82 Å². The molecule has 0 bridgehead atoms. The Morgan fingerprint density at radius 2 is 2.14 bits per heavy atom. The molecule has 1 saturated carbocycles. The lowest BCUT2D eigenvalue weighted by Gasteiger charge is -2.47. The molecule has 6 nitrogen and oxygen atoms in total. The molecular formula is C14H18FN3O3. The number of hydrogen-bond acceptors (Lipinski definition) is 4. The van der Waals surface area contributed by atoms with Crippen molar-refractivity contribution in [3.63, 3.8) is 0 Å². The third-order valence-electron chi connectivity index (χ3n) is 4.22. The fourth-order valence-corrected chi connectivity index (χ4v) is 2.51. The van der Waals surface area contributed by atoms with Gasteiger partial charge in [-0.25, -0.2) is 0 Å². The van der Waals surface area contributed by atoms with Gasteiger partial charge in [0.1, 0.15) is 0 Å². The van der Waals surface area contributed by atoms with Crippen LogP contribution in [0.4, 0.5) is 10.1 Å². The van der Waals surface area contributed by atoms with Crippen molar-refractivity contribution >= 4 is 11.6 Å². The van der Waals surface area contributed by atoms with Gasteiger partial charge in [-0.05, 0) is 45.5 Å². The Bertz CT molecular complexity index is 571. The minimum absolute atomic E-state index is 0.0328. The zero-order valence-electron chi connectivity index (χ0n) is 12.1. The highest BCUT2D eigenvalue weighted by molar-refractivity contribution is 5.94. The first-order valence-electron chi connectivity index (χ1n) is 6.75. The van der Waals surface area contributed by atoms with Crippen molar-refractivity contribution in [2.24, 2.45) is 0 Å². The van der Waals surface area contributed by atoms with E-state index in [-0.39, 0.29) is 11.1 Å². The van der Waals surface area contributed by atoms with Crippen LogP contribution in [0.5, 0.6) is 0 Å². The van der Waals surface area contributed by atoms with E-state index in [0.717, 1.165) is 31.4 Å².